The summed E-state index contributed by atoms with van der Waals surface area (Å²) in [5.74, 6) is -0.508. The van der Waals surface area contributed by atoms with Crippen LogP contribution in [-0.4, -0.2) is 5.97 Å². The Balaban J connectivity index is 1.89. The predicted molar refractivity (Wildman–Crippen MR) is 92.8 cm³/mol. The number of ether oxygens (including phenoxy) is 1. The molecule has 0 radical (unpaired) electrons. The minimum Gasteiger partial charge on any atom is -0.457 e. The van der Waals surface area contributed by atoms with E-state index in [4.69, 9.17) is 32.4 Å². The van der Waals surface area contributed by atoms with E-state index in [1.165, 1.54) is 6.07 Å². The smallest absolute Gasteiger partial charge is 0.338 e. The summed E-state index contributed by atoms with van der Waals surface area (Å²) >= 11 is 11.9. The van der Waals surface area contributed by atoms with E-state index in [2.05, 4.69) is 0 Å². The second-order valence-corrected chi connectivity index (χ2v) is 6.11. The van der Waals surface area contributed by atoms with Gasteiger partial charge in [-0.05, 0) is 48.9 Å². The van der Waals surface area contributed by atoms with Crippen LogP contribution >= 0.6 is 23.2 Å². The molecule has 0 aliphatic rings. The molecule has 1 heterocycles. The van der Waals surface area contributed by atoms with Gasteiger partial charge in [-0.3, -0.25) is 0 Å². The topological polar surface area (TPSA) is 56.5 Å². The van der Waals surface area contributed by atoms with Crippen LogP contribution in [0.5, 0.6) is 0 Å². The highest BCUT2D eigenvalue weighted by Gasteiger charge is 2.12. The van der Waals surface area contributed by atoms with Crippen LogP contribution in [0.2, 0.25) is 10.0 Å². The predicted octanol–water partition coefficient (Wildman–Crippen LogP) is 4.77. The fourth-order valence-electron chi connectivity index (χ4n) is 2.28. The number of halogens is 2. The minimum atomic E-state index is -0.512. The molecule has 3 rings (SSSR count). The van der Waals surface area contributed by atoms with Gasteiger partial charge in [0.2, 0.25) is 0 Å². The van der Waals surface area contributed by atoms with Gasteiger partial charge in [0.15, 0.2) is 0 Å². The molecule has 6 heteroatoms. The zero-order valence-electron chi connectivity index (χ0n) is 12.6. The van der Waals surface area contributed by atoms with Crippen molar-refractivity contribution < 1.29 is 13.9 Å². The molecule has 4 nitrogen and oxygen atoms in total. The molecular formula is C18H12Cl2O4. The molecule has 0 amide bonds. The Morgan fingerprint density at radius 3 is 2.54 bits per heavy atom. The Morgan fingerprint density at radius 2 is 1.83 bits per heavy atom. The summed E-state index contributed by atoms with van der Waals surface area (Å²) < 4.78 is 10.5. The molecule has 0 fully saturated rings. The first kappa shape index (κ1) is 16.6. The summed E-state index contributed by atoms with van der Waals surface area (Å²) in [6.07, 6.45) is 0. The number of esters is 1. The molecule has 3 aromatic rings. The molecule has 1 aromatic heterocycles. The van der Waals surface area contributed by atoms with Crippen molar-refractivity contribution in [1.82, 2.24) is 0 Å². The Morgan fingerprint density at radius 1 is 1.12 bits per heavy atom. The monoisotopic (exact) mass is 362 g/mol. The number of rotatable bonds is 3. The van der Waals surface area contributed by atoms with Gasteiger partial charge < -0.3 is 9.15 Å². The van der Waals surface area contributed by atoms with Crippen molar-refractivity contribution in [1.29, 1.82) is 0 Å². The van der Waals surface area contributed by atoms with E-state index in [1.54, 1.807) is 36.4 Å². The molecule has 122 valence electrons. The van der Waals surface area contributed by atoms with Crippen LogP contribution < -0.4 is 5.63 Å². The van der Waals surface area contributed by atoms with E-state index in [0.717, 1.165) is 5.56 Å². The lowest BCUT2D eigenvalue weighted by molar-refractivity contribution is 0.0474. The van der Waals surface area contributed by atoms with Crippen LogP contribution in [0.4, 0.5) is 0 Å². The average Bonchev–Trinajstić information content (AvgIpc) is 2.54. The molecule has 0 saturated heterocycles. The number of fused-ring (bicyclic) bond motifs is 1. The van der Waals surface area contributed by atoms with Gasteiger partial charge in [0, 0.05) is 27.1 Å². The van der Waals surface area contributed by atoms with E-state index in [0.29, 0.717) is 32.1 Å². The Bertz CT molecular complexity index is 975. The van der Waals surface area contributed by atoms with E-state index < -0.39 is 11.6 Å². The first-order valence-electron chi connectivity index (χ1n) is 7.09. The Hall–Kier alpha value is -2.30. The second-order valence-electron chi connectivity index (χ2n) is 5.27. The third kappa shape index (κ3) is 3.45. The van der Waals surface area contributed by atoms with Crippen molar-refractivity contribution in [3.63, 3.8) is 0 Å². The number of benzene rings is 2. The van der Waals surface area contributed by atoms with Crippen molar-refractivity contribution in [2.45, 2.75) is 13.5 Å². The summed E-state index contributed by atoms with van der Waals surface area (Å²) in [7, 11) is 0. The van der Waals surface area contributed by atoms with Gasteiger partial charge in [0.05, 0.1) is 5.56 Å². The quantitative estimate of drug-likeness (QED) is 0.497. The first-order valence-corrected chi connectivity index (χ1v) is 7.85. The van der Waals surface area contributed by atoms with E-state index in [9.17, 15) is 9.59 Å². The van der Waals surface area contributed by atoms with Gasteiger partial charge in [-0.25, -0.2) is 9.59 Å². The van der Waals surface area contributed by atoms with Crippen molar-refractivity contribution >= 4 is 40.1 Å². The SMILES string of the molecule is Cc1cc2oc(=O)cc(COC(=O)c3ccc(Cl)cc3)c2cc1Cl. The van der Waals surface area contributed by atoms with Crippen molar-refractivity contribution in [3.05, 3.63) is 79.6 Å². The van der Waals surface area contributed by atoms with Crippen molar-refractivity contribution in [2.75, 3.05) is 0 Å². The fraction of sp³-hybridized carbons (Fsp3) is 0.111. The zero-order chi connectivity index (χ0) is 17.3. The zero-order valence-corrected chi connectivity index (χ0v) is 14.1. The summed E-state index contributed by atoms with van der Waals surface area (Å²) in [4.78, 5) is 23.8. The van der Waals surface area contributed by atoms with Crippen LogP contribution in [0.1, 0.15) is 21.5 Å². The van der Waals surface area contributed by atoms with E-state index >= 15 is 0 Å². The van der Waals surface area contributed by atoms with Crippen LogP contribution in [-0.2, 0) is 11.3 Å². The van der Waals surface area contributed by atoms with E-state index in [1.807, 2.05) is 6.92 Å². The van der Waals surface area contributed by atoms with Crippen molar-refractivity contribution in [3.8, 4) is 0 Å². The fourth-order valence-corrected chi connectivity index (χ4v) is 2.57. The molecule has 24 heavy (non-hydrogen) atoms. The lowest BCUT2D eigenvalue weighted by atomic mass is 10.1. The molecule has 0 saturated carbocycles. The number of hydrogen-bond acceptors (Lipinski definition) is 4. The molecule has 0 aliphatic heterocycles. The van der Waals surface area contributed by atoms with Crippen LogP contribution in [0.25, 0.3) is 11.0 Å². The van der Waals surface area contributed by atoms with Gasteiger partial charge in [-0.2, -0.15) is 0 Å². The third-order valence-electron chi connectivity index (χ3n) is 3.55. The molecular weight excluding hydrogens is 351 g/mol. The largest absolute Gasteiger partial charge is 0.457 e. The maximum absolute atomic E-state index is 12.1. The summed E-state index contributed by atoms with van der Waals surface area (Å²) in [5, 5.41) is 1.71. The number of hydrogen-bond donors (Lipinski definition) is 0. The normalized spacial score (nSPS) is 10.8. The molecule has 2 aromatic carbocycles. The lowest BCUT2D eigenvalue weighted by Crippen LogP contribution is -2.08. The van der Waals surface area contributed by atoms with Crippen molar-refractivity contribution in [2.24, 2.45) is 0 Å². The van der Waals surface area contributed by atoms with Gasteiger partial charge in [-0.15, -0.1) is 0 Å². The summed E-state index contributed by atoms with van der Waals surface area (Å²) in [5.41, 5.74) is 1.59. The highest BCUT2D eigenvalue weighted by molar-refractivity contribution is 6.32. The number of carbonyl (C=O) groups is 1. The third-order valence-corrected chi connectivity index (χ3v) is 4.21. The number of carbonyl (C=O) groups excluding carboxylic acids is 1. The average molecular weight is 363 g/mol. The Labute approximate surface area is 147 Å². The second kappa shape index (κ2) is 6.67. The highest BCUT2D eigenvalue weighted by Crippen LogP contribution is 2.25. The molecule has 0 aliphatic carbocycles. The maximum atomic E-state index is 12.1. The van der Waals surface area contributed by atoms with Gasteiger partial charge in [0.25, 0.3) is 0 Å². The maximum Gasteiger partial charge on any atom is 0.338 e. The summed E-state index contributed by atoms with van der Waals surface area (Å²) in [6.45, 7) is 1.75. The standard InChI is InChI=1S/C18H12Cl2O4/c1-10-6-16-14(8-15(10)20)12(7-17(21)24-16)9-23-18(22)11-2-4-13(19)5-3-11/h2-8H,9H2,1H3. The molecule has 0 N–H and O–H groups in total. The molecule has 0 unspecified atom stereocenters. The molecule has 0 spiro atoms. The highest BCUT2D eigenvalue weighted by atomic mass is 35.5. The van der Waals surface area contributed by atoms with E-state index in [-0.39, 0.29) is 6.61 Å². The lowest BCUT2D eigenvalue weighted by Gasteiger charge is -2.08. The van der Waals surface area contributed by atoms with Crippen LogP contribution in [0.15, 0.2) is 51.7 Å². The van der Waals surface area contributed by atoms with Gasteiger partial charge in [0.1, 0.15) is 12.2 Å². The summed E-state index contributed by atoms with van der Waals surface area (Å²) in [6, 6.07) is 11.0. The number of aryl methyl sites for hydroxylation is 1. The first-order chi connectivity index (χ1) is 11.4. The molecule has 0 bridgehead atoms. The Kier molecular flexibility index (Phi) is 4.60. The van der Waals surface area contributed by atoms with Crippen LogP contribution in [0.3, 0.4) is 0 Å². The van der Waals surface area contributed by atoms with Gasteiger partial charge >= 0.3 is 11.6 Å². The van der Waals surface area contributed by atoms with Crippen LogP contribution in [0, 0.1) is 6.92 Å². The van der Waals surface area contributed by atoms with Gasteiger partial charge in [-0.1, -0.05) is 23.2 Å². The minimum absolute atomic E-state index is 0.0665. The molecule has 0 atom stereocenters.